The van der Waals surface area contributed by atoms with Crippen LogP contribution in [0.3, 0.4) is 0 Å². The first-order valence-electron chi connectivity index (χ1n) is 5.08. The van der Waals surface area contributed by atoms with Crippen molar-refractivity contribution < 1.29 is 9.84 Å². The third-order valence-corrected chi connectivity index (χ3v) is 2.85. The van der Waals surface area contributed by atoms with Crippen molar-refractivity contribution in [2.24, 2.45) is 11.3 Å². The summed E-state index contributed by atoms with van der Waals surface area (Å²) in [4.78, 5) is 0. The molecule has 0 aromatic heterocycles. The molecule has 2 atom stereocenters. The molecule has 0 saturated heterocycles. The lowest BCUT2D eigenvalue weighted by Gasteiger charge is -2.44. The van der Waals surface area contributed by atoms with Crippen molar-refractivity contribution in [3.05, 3.63) is 0 Å². The van der Waals surface area contributed by atoms with Gasteiger partial charge >= 0.3 is 0 Å². The molecular weight excluding hydrogens is 164 g/mol. The van der Waals surface area contributed by atoms with Crippen LogP contribution in [0.1, 0.15) is 40.0 Å². The van der Waals surface area contributed by atoms with Crippen LogP contribution in [0.2, 0.25) is 0 Å². The molecule has 1 rings (SSSR count). The highest BCUT2D eigenvalue weighted by atomic mass is 16.5. The van der Waals surface area contributed by atoms with Crippen LogP contribution in [0.15, 0.2) is 0 Å². The summed E-state index contributed by atoms with van der Waals surface area (Å²) in [5, 5.41) is 10.3. The number of hydrogen-bond donors (Lipinski definition) is 1. The van der Waals surface area contributed by atoms with Crippen LogP contribution in [-0.2, 0) is 4.74 Å². The van der Waals surface area contributed by atoms with Crippen molar-refractivity contribution in [1.82, 2.24) is 0 Å². The minimum Gasteiger partial charge on any atom is -0.387 e. The number of ether oxygens (including phenoxy) is 1. The van der Waals surface area contributed by atoms with Crippen molar-refractivity contribution in [3.8, 4) is 0 Å². The largest absolute Gasteiger partial charge is 0.387 e. The second-order valence-electron chi connectivity index (χ2n) is 5.51. The van der Waals surface area contributed by atoms with E-state index in [0.29, 0.717) is 12.5 Å². The third-order valence-electron chi connectivity index (χ3n) is 2.85. The number of aliphatic hydroxyl groups is 1. The van der Waals surface area contributed by atoms with Gasteiger partial charge in [-0.15, -0.1) is 0 Å². The maximum atomic E-state index is 10.3. The minimum atomic E-state index is -0.587. The Morgan fingerprint density at radius 2 is 2.00 bits per heavy atom. The Hall–Kier alpha value is -0.0800. The predicted octanol–water partition coefficient (Wildman–Crippen LogP) is 2.21. The van der Waals surface area contributed by atoms with Gasteiger partial charge in [-0.1, -0.05) is 20.8 Å². The maximum absolute atomic E-state index is 10.3. The second-order valence-corrected chi connectivity index (χ2v) is 5.51. The first kappa shape index (κ1) is 11.0. The van der Waals surface area contributed by atoms with Crippen LogP contribution < -0.4 is 0 Å². The van der Waals surface area contributed by atoms with Crippen molar-refractivity contribution in [1.29, 1.82) is 0 Å². The molecule has 0 radical (unpaired) electrons. The minimum absolute atomic E-state index is 0.255. The zero-order valence-corrected chi connectivity index (χ0v) is 9.26. The summed E-state index contributed by atoms with van der Waals surface area (Å²) in [7, 11) is 1.66. The second kappa shape index (κ2) is 3.58. The van der Waals surface area contributed by atoms with E-state index in [1.165, 1.54) is 6.42 Å². The van der Waals surface area contributed by atoms with Gasteiger partial charge in [0.05, 0.1) is 12.2 Å². The van der Waals surface area contributed by atoms with Crippen molar-refractivity contribution in [3.63, 3.8) is 0 Å². The molecule has 0 aromatic carbocycles. The van der Waals surface area contributed by atoms with Crippen LogP contribution in [0.25, 0.3) is 0 Å². The molecule has 1 fully saturated rings. The highest BCUT2D eigenvalue weighted by Gasteiger charge is 2.41. The number of hydrogen-bond acceptors (Lipinski definition) is 2. The molecule has 0 bridgehead atoms. The monoisotopic (exact) mass is 186 g/mol. The van der Waals surface area contributed by atoms with Gasteiger partial charge in [0.2, 0.25) is 0 Å². The molecule has 2 unspecified atom stereocenters. The lowest BCUT2D eigenvalue weighted by atomic mass is 9.66. The molecule has 0 aromatic rings. The summed E-state index contributed by atoms with van der Waals surface area (Å²) in [5.41, 5.74) is -0.332. The first-order chi connectivity index (χ1) is 5.87. The van der Waals surface area contributed by atoms with Crippen LogP contribution in [0.5, 0.6) is 0 Å². The normalized spacial score (nSPS) is 39.0. The van der Waals surface area contributed by atoms with Crippen LogP contribution in [0, 0.1) is 11.3 Å². The average Bonchev–Trinajstić information content (AvgIpc) is 1.78. The Balaban J connectivity index is 2.66. The molecular formula is C11H22O2. The zero-order valence-electron chi connectivity index (χ0n) is 9.26. The smallest absolute Gasteiger partial charge is 0.0887 e. The van der Waals surface area contributed by atoms with E-state index in [4.69, 9.17) is 4.74 Å². The highest BCUT2D eigenvalue weighted by molar-refractivity contribution is 4.92. The van der Waals surface area contributed by atoms with E-state index in [9.17, 15) is 5.11 Å². The van der Waals surface area contributed by atoms with Gasteiger partial charge in [-0.2, -0.15) is 0 Å². The first-order valence-corrected chi connectivity index (χ1v) is 5.08. The highest BCUT2D eigenvalue weighted by Crippen LogP contribution is 2.43. The van der Waals surface area contributed by atoms with Gasteiger partial charge in [0.15, 0.2) is 0 Å². The summed E-state index contributed by atoms with van der Waals surface area (Å²) < 4.78 is 5.08. The Bertz CT molecular complexity index is 177. The molecule has 1 saturated carbocycles. The third kappa shape index (κ3) is 2.96. The Labute approximate surface area is 81.3 Å². The lowest BCUT2D eigenvalue weighted by molar-refractivity contribution is -0.0990. The molecule has 2 nitrogen and oxygen atoms in total. The molecule has 13 heavy (non-hydrogen) atoms. The van der Waals surface area contributed by atoms with E-state index < -0.39 is 5.60 Å². The lowest BCUT2D eigenvalue weighted by Crippen LogP contribution is -2.45. The number of rotatable bonds is 2. The summed E-state index contributed by atoms with van der Waals surface area (Å²) >= 11 is 0. The van der Waals surface area contributed by atoms with Gasteiger partial charge in [0.25, 0.3) is 0 Å². The fraction of sp³-hybridized carbons (Fsp3) is 1.00. The topological polar surface area (TPSA) is 29.5 Å². The van der Waals surface area contributed by atoms with Crippen LogP contribution in [0.4, 0.5) is 0 Å². The molecule has 1 aliphatic rings. The summed E-state index contributed by atoms with van der Waals surface area (Å²) in [6.45, 7) is 7.13. The zero-order chi connectivity index (χ0) is 10.1. The summed E-state index contributed by atoms with van der Waals surface area (Å²) in [6.07, 6.45) is 2.95. The van der Waals surface area contributed by atoms with E-state index in [-0.39, 0.29) is 5.41 Å². The van der Waals surface area contributed by atoms with E-state index >= 15 is 0 Å². The van der Waals surface area contributed by atoms with E-state index in [2.05, 4.69) is 20.8 Å². The van der Waals surface area contributed by atoms with E-state index in [1.54, 1.807) is 7.11 Å². The van der Waals surface area contributed by atoms with Gasteiger partial charge in [-0.25, -0.2) is 0 Å². The Morgan fingerprint density at radius 3 is 2.46 bits per heavy atom. The van der Waals surface area contributed by atoms with Crippen LogP contribution in [-0.4, -0.2) is 24.4 Å². The number of methoxy groups -OCH3 is 1. The van der Waals surface area contributed by atoms with Gasteiger partial charge in [-0.05, 0) is 30.6 Å². The summed E-state index contributed by atoms with van der Waals surface area (Å²) in [5.74, 6) is 0.601. The van der Waals surface area contributed by atoms with Gasteiger partial charge in [0, 0.05) is 7.11 Å². The maximum Gasteiger partial charge on any atom is 0.0887 e. The standard InChI is InChI=1S/C11H22O2/c1-9-5-10(2,3)7-11(12,6-9)8-13-4/h9,12H,5-8H2,1-4H3. The summed E-state index contributed by atoms with van der Waals surface area (Å²) in [6, 6.07) is 0. The molecule has 0 spiro atoms. The molecule has 78 valence electrons. The van der Waals surface area contributed by atoms with E-state index in [0.717, 1.165) is 12.8 Å². The van der Waals surface area contributed by atoms with E-state index in [1.807, 2.05) is 0 Å². The molecule has 1 N–H and O–H groups in total. The molecule has 0 aliphatic heterocycles. The van der Waals surface area contributed by atoms with Crippen LogP contribution >= 0.6 is 0 Å². The molecule has 2 heteroatoms. The molecule has 0 amide bonds. The van der Waals surface area contributed by atoms with Gasteiger partial charge in [0.1, 0.15) is 0 Å². The van der Waals surface area contributed by atoms with Crippen molar-refractivity contribution >= 4 is 0 Å². The van der Waals surface area contributed by atoms with Gasteiger partial charge in [-0.3, -0.25) is 0 Å². The average molecular weight is 186 g/mol. The Kier molecular flexibility index (Phi) is 3.03. The molecule has 0 heterocycles. The van der Waals surface area contributed by atoms with Gasteiger partial charge < -0.3 is 9.84 Å². The Morgan fingerprint density at radius 1 is 1.38 bits per heavy atom. The fourth-order valence-corrected chi connectivity index (χ4v) is 3.08. The SMILES string of the molecule is COCC1(O)CC(C)CC(C)(C)C1. The quantitative estimate of drug-likeness (QED) is 0.716. The fourth-order valence-electron chi connectivity index (χ4n) is 3.08. The van der Waals surface area contributed by atoms with Crippen molar-refractivity contribution in [2.45, 2.75) is 45.6 Å². The van der Waals surface area contributed by atoms with Crippen molar-refractivity contribution in [2.75, 3.05) is 13.7 Å². The predicted molar refractivity (Wildman–Crippen MR) is 53.6 cm³/mol. The molecule has 1 aliphatic carbocycles.